The van der Waals surface area contributed by atoms with Gasteiger partial charge in [0.15, 0.2) is 8.38 Å². The van der Waals surface area contributed by atoms with Crippen LogP contribution in [0.1, 0.15) is 42.5 Å². The number of methoxy groups -OCH3 is 1. The maximum absolute atomic E-state index is 9.47. The SMILES string of the molecule is COc1cc(C)c2[nH]ccc2c1CN1CCC(C)CC1c1ccc(P(O)O)cc1. The third-order valence-electron chi connectivity index (χ3n) is 6.18. The smallest absolute Gasteiger partial charge is 0.199 e. The van der Waals surface area contributed by atoms with Gasteiger partial charge in [-0.1, -0.05) is 19.1 Å². The van der Waals surface area contributed by atoms with Crippen LogP contribution >= 0.6 is 8.38 Å². The largest absolute Gasteiger partial charge is 0.496 e. The zero-order chi connectivity index (χ0) is 20.5. The first kappa shape index (κ1) is 20.4. The van der Waals surface area contributed by atoms with Crippen molar-refractivity contribution >= 4 is 24.6 Å². The number of ether oxygens (including phenoxy) is 1. The van der Waals surface area contributed by atoms with Crippen LogP contribution in [0.4, 0.5) is 0 Å². The summed E-state index contributed by atoms with van der Waals surface area (Å²) in [5, 5.41) is 1.81. The number of benzene rings is 2. The number of hydrogen-bond acceptors (Lipinski definition) is 4. The molecule has 1 aliphatic rings. The maximum Gasteiger partial charge on any atom is 0.199 e. The molecule has 1 aromatic heterocycles. The van der Waals surface area contributed by atoms with Crippen molar-refractivity contribution in [2.24, 2.45) is 5.92 Å². The lowest BCUT2D eigenvalue weighted by Gasteiger charge is -2.39. The third kappa shape index (κ3) is 4.06. The quantitative estimate of drug-likeness (QED) is 0.544. The number of likely N-dealkylation sites (tertiary alicyclic amines) is 1. The second-order valence-electron chi connectivity index (χ2n) is 8.14. The Morgan fingerprint density at radius 3 is 2.66 bits per heavy atom. The summed E-state index contributed by atoms with van der Waals surface area (Å²) in [5.41, 5.74) is 4.81. The lowest BCUT2D eigenvalue weighted by molar-refractivity contribution is 0.110. The molecule has 154 valence electrons. The molecule has 1 saturated heterocycles. The summed E-state index contributed by atoms with van der Waals surface area (Å²) in [6.45, 7) is 6.28. The first-order valence-electron chi connectivity index (χ1n) is 10.1. The van der Waals surface area contributed by atoms with Crippen molar-refractivity contribution in [3.8, 4) is 5.75 Å². The fourth-order valence-corrected chi connectivity index (χ4v) is 4.96. The highest BCUT2D eigenvalue weighted by Gasteiger charge is 2.29. The molecule has 0 aliphatic carbocycles. The van der Waals surface area contributed by atoms with Crippen molar-refractivity contribution in [3.05, 3.63) is 59.3 Å². The average molecular weight is 412 g/mol. The second kappa shape index (κ2) is 8.45. The zero-order valence-electron chi connectivity index (χ0n) is 17.2. The van der Waals surface area contributed by atoms with Crippen molar-refractivity contribution in [2.75, 3.05) is 13.7 Å². The minimum absolute atomic E-state index is 0.302. The number of piperidine rings is 1. The molecular weight excluding hydrogens is 383 g/mol. The standard InChI is InChI=1S/C23H29N2O3P/c1-15-9-11-25(21(12-15)17-4-6-18(7-5-17)29(26)27)14-20-19-8-10-24-23(19)16(2)13-22(20)28-3/h4-8,10,13,15,21,24,26-27H,9,11-12,14H2,1-3H3. The van der Waals surface area contributed by atoms with Crippen LogP contribution in [0.3, 0.4) is 0 Å². The predicted molar refractivity (Wildman–Crippen MR) is 119 cm³/mol. The number of fused-ring (bicyclic) bond motifs is 1. The molecule has 0 saturated carbocycles. The Morgan fingerprint density at radius 1 is 1.21 bits per heavy atom. The van der Waals surface area contributed by atoms with Crippen molar-refractivity contribution in [1.82, 2.24) is 9.88 Å². The Kier molecular flexibility index (Phi) is 5.93. The van der Waals surface area contributed by atoms with E-state index in [-0.39, 0.29) is 0 Å². The van der Waals surface area contributed by atoms with Crippen molar-refractivity contribution in [3.63, 3.8) is 0 Å². The zero-order valence-corrected chi connectivity index (χ0v) is 18.1. The van der Waals surface area contributed by atoms with Crippen LogP contribution in [0.5, 0.6) is 5.75 Å². The molecule has 2 atom stereocenters. The fraction of sp³-hybridized carbons (Fsp3) is 0.391. The van der Waals surface area contributed by atoms with E-state index in [4.69, 9.17) is 4.74 Å². The van der Waals surface area contributed by atoms with Crippen LogP contribution in [0.25, 0.3) is 10.9 Å². The molecule has 3 aromatic rings. The Labute approximate surface area is 173 Å². The normalized spacial score (nSPS) is 20.5. The van der Waals surface area contributed by atoms with E-state index in [1.165, 1.54) is 34.0 Å². The monoisotopic (exact) mass is 412 g/mol. The molecule has 2 aromatic carbocycles. The molecule has 2 heterocycles. The Morgan fingerprint density at radius 2 is 1.97 bits per heavy atom. The summed E-state index contributed by atoms with van der Waals surface area (Å²) in [5.74, 6) is 1.60. The summed E-state index contributed by atoms with van der Waals surface area (Å²) >= 11 is 0. The third-order valence-corrected chi connectivity index (χ3v) is 6.94. The average Bonchev–Trinajstić information content (AvgIpc) is 3.21. The molecule has 3 N–H and O–H groups in total. The number of rotatable bonds is 5. The number of aryl methyl sites for hydroxylation is 1. The van der Waals surface area contributed by atoms with Gasteiger partial charge in [0.05, 0.1) is 7.11 Å². The van der Waals surface area contributed by atoms with Gasteiger partial charge in [-0.2, -0.15) is 0 Å². The van der Waals surface area contributed by atoms with Gasteiger partial charge in [0, 0.05) is 40.6 Å². The van der Waals surface area contributed by atoms with E-state index in [1.807, 2.05) is 30.5 Å². The molecule has 0 radical (unpaired) electrons. The molecule has 0 bridgehead atoms. The first-order chi connectivity index (χ1) is 14.0. The highest BCUT2D eigenvalue weighted by molar-refractivity contribution is 7.54. The molecule has 6 heteroatoms. The number of H-pyrrole nitrogens is 1. The van der Waals surface area contributed by atoms with Gasteiger partial charge in [0.2, 0.25) is 0 Å². The molecule has 4 rings (SSSR count). The molecule has 0 amide bonds. The topological polar surface area (TPSA) is 68.7 Å². The predicted octanol–water partition coefficient (Wildman–Crippen LogP) is 4.38. The van der Waals surface area contributed by atoms with Crippen LogP contribution in [0.2, 0.25) is 0 Å². The van der Waals surface area contributed by atoms with Gasteiger partial charge >= 0.3 is 0 Å². The summed E-state index contributed by atoms with van der Waals surface area (Å²) < 4.78 is 5.76. The lowest BCUT2D eigenvalue weighted by atomic mass is 9.87. The van der Waals surface area contributed by atoms with Gasteiger partial charge < -0.3 is 19.5 Å². The number of nitrogens with zero attached hydrogens (tertiary/aromatic N) is 1. The minimum Gasteiger partial charge on any atom is -0.496 e. The van der Waals surface area contributed by atoms with Crippen LogP contribution in [0, 0.1) is 12.8 Å². The Bertz CT molecular complexity index is 984. The first-order valence-corrected chi connectivity index (χ1v) is 11.4. The van der Waals surface area contributed by atoms with Crippen molar-refractivity contribution in [2.45, 2.75) is 39.3 Å². The van der Waals surface area contributed by atoms with E-state index in [1.54, 1.807) is 7.11 Å². The summed E-state index contributed by atoms with van der Waals surface area (Å²) in [7, 11) is -0.300. The summed E-state index contributed by atoms with van der Waals surface area (Å²) in [6.07, 6.45) is 4.27. The van der Waals surface area contributed by atoms with Crippen LogP contribution in [-0.2, 0) is 6.54 Å². The van der Waals surface area contributed by atoms with E-state index >= 15 is 0 Å². The number of aromatic amines is 1. The molecule has 29 heavy (non-hydrogen) atoms. The van der Waals surface area contributed by atoms with E-state index in [0.717, 1.165) is 25.3 Å². The van der Waals surface area contributed by atoms with Crippen molar-refractivity contribution < 1.29 is 14.5 Å². The van der Waals surface area contributed by atoms with Gasteiger partial charge in [-0.15, -0.1) is 0 Å². The Balaban J connectivity index is 1.69. The highest BCUT2D eigenvalue weighted by Crippen LogP contribution is 2.38. The van der Waals surface area contributed by atoms with Crippen LogP contribution in [-0.4, -0.2) is 33.3 Å². The summed E-state index contributed by atoms with van der Waals surface area (Å²) in [6, 6.07) is 12.3. The van der Waals surface area contributed by atoms with Gasteiger partial charge in [0.1, 0.15) is 5.75 Å². The van der Waals surface area contributed by atoms with E-state index in [2.05, 4.69) is 35.9 Å². The van der Waals surface area contributed by atoms with Crippen LogP contribution in [0.15, 0.2) is 42.6 Å². The fourth-order valence-electron chi connectivity index (χ4n) is 4.54. The molecular formula is C23H29N2O3P. The number of aromatic nitrogens is 1. The van der Waals surface area contributed by atoms with Gasteiger partial charge in [0.25, 0.3) is 0 Å². The Hall–Kier alpha value is -1.91. The van der Waals surface area contributed by atoms with E-state index < -0.39 is 8.38 Å². The second-order valence-corrected chi connectivity index (χ2v) is 9.23. The van der Waals surface area contributed by atoms with Gasteiger partial charge in [-0.25, -0.2) is 0 Å². The van der Waals surface area contributed by atoms with Crippen molar-refractivity contribution in [1.29, 1.82) is 0 Å². The highest BCUT2D eigenvalue weighted by atomic mass is 31.2. The molecule has 1 aliphatic heterocycles. The summed E-state index contributed by atoms with van der Waals surface area (Å²) in [4.78, 5) is 24.8. The minimum atomic E-state index is -2.04. The molecule has 2 unspecified atom stereocenters. The number of hydrogen-bond donors (Lipinski definition) is 3. The van der Waals surface area contributed by atoms with E-state index in [9.17, 15) is 9.79 Å². The van der Waals surface area contributed by atoms with E-state index in [0.29, 0.717) is 17.3 Å². The molecule has 1 fully saturated rings. The van der Waals surface area contributed by atoms with Gasteiger partial charge in [-0.05, 0) is 67.6 Å². The van der Waals surface area contributed by atoms with Gasteiger partial charge in [-0.3, -0.25) is 4.90 Å². The lowest BCUT2D eigenvalue weighted by Crippen LogP contribution is -2.36. The number of nitrogens with one attached hydrogen (secondary N) is 1. The molecule has 0 spiro atoms. The maximum atomic E-state index is 9.47. The molecule has 5 nitrogen and oxygen atoms in total. The van der Waals surface area contributed by atoms with Crippen LogP contribution < -0.4 is 10.0 Å².